The van der Waals surface area contributed by atoms with Crippen molar-refractivity contribution in [1.29, 1.82) is 0 Å². The first kappa shape index (κ1) is 10.2. The quantitative estimate of drug-likeness (QED) is 0.848. The average molecular weight is 229 g/mol. The number of hydrogen-bond acceptors (Lipinski definition) is 3. The highest BCUT2D eigenvalue weighted by molar-refractivity contribution is 5.52. The average Bonchev–Trinajstić information content (AvgIpc) is 2.94. The Hall–Kier alpha value is -1.97. The van der Waals surface area contributed by atoms with E-state index in [-0.39, 0.29) is 0 Å². The Kier molecular flexibility index (Phi) is 2.48. The third-order valence-electron chi connectivity index (χ3n) is 2.93. The van der Waals surface area contributed by atoms with E-state index in [2.05, 4.69) is 21.4 Å². The van der Waals surface area contributed by atoms with Crippen molar-refractivity contribution >= 4 is 5.69 Å². The van der Waals surface area contributed by atoms with Crippen molar-refractivity contribution in [3.63, 3.8) is 0 Å². The molecule has 0 atom stereocenters. The molecule has 2 heterocycles. The summed E-state index contributed by atoms with van der Waals surface area (Å²) in [7, 11) is 0. The number of imidazole rings is 1. The molecule has 1 aliphatic heterocycles. The molecule has 0 amide bonds. The van der Waals surface area contributed by atoms with Gasteiger partial charge in [-0.05, 0) is 30.7 Å². The van der Waals surface area contributed by atoms with Crippen molar-refractivity contribution in [2.45, 2.75) is 19.9 Å². The van der Waals surface area contributed by atoms with E-state index < -0.39 is 0 Å². The highest BCUT2D eigenvalue weighted by Gasteiger charge is 2.11. The number of H-pyrrole nitrogens is 1. The molecule has 0 radical (unpaired) electrons. The molecular formula is C13H15N3O. The van der Waals surface area contributed by atoms with Gasteiger partial charge in [-0.2, -0.15) is 0 Å². The fourth-order valence-electron chi connectivity index (χ4n) is 2.06. The minimum absolute atomic E-state index is 0.764. The van der Waals surface area contributed by atoms with Crippen molar-refractivity contribution < 1.29 is 4.74 Å². The largest absolute Gasteiger partial charge is 0.493 e. The van der Waals surface area contributed by atoms with Crippen LogP contribution in [-0.4, -0.2) is 16.6 Å². The summed E-state index contributed by atoms with van der Waals surface area (Å²) in [5.41, 5.74) is 3.51. The summed E-state index contributed by atoms with van der Waals surface area (Å²) >= 11 is 0. The van der Waals surface area contributed by atoms with E-state index >= 15 is 0 Å². The first-order valence-corrected chi connectivity index (χ1v) is 5.81. The van der Waals surface area contributed by atoms with Crippen LogP contribution < -0.4 is 10.1 Å². The van der Waals surface area contributed by atoms with Gasteiger partial charge < -0.3 is 15.0 Å². The Labute approximate surface area is 100 Å². The molecule has 0 saturated carbocycles. The number of aryl methyl sites for hydroxylation is 1. The van der Waals surface area contributed by atoms with Crippen molar-refractivity contribution in [3.8, 4) is 5.75 Å². The molecule has 2 N–H and O–H groups in total. The highest BCUT2D eigenvalue weighted by Crippen LogP contribution is 2.27. The zero-order valence-corrected chi connectivity index (χ0v) is 9.79. The first-order valence-electron chi connectivity index (χ1n) is 5.81. The Balaban J connectivity index is 1.69. The lowest BCUT2D eigenvalue weighted by Gasteiger charge is -2.06. The van der Waals surface area contributed by atoms with Gasteiger partial charge in [0, 0.05) is 12.1 Å². The first-order chi connectivity index (χ1) is 8.31. The molecule has 0 fully saturated rings. The summed E-state index contributed by atoms with van der Waals surface area (Å²) in [6, 6.07) is 6.24. The van der Waals surface area contributed by atoms with Gasteiger partial charge in [-0.25, -0.2) is 4.98 Å². The highest BCUT2D eigenvalue weighted by atomic mass is 16.5. The number of anilines is 1. The number of hydrogen-bond donors (Lipinski definition) is 2. The fraction of sp³-hybridized carbons (Fsp3) is 0.308. The molecule has 0 aliphatic carbocycles. The van der Waals surface area contributed by atoms with Gasteiger partial charge in [-0.3, -0.25) is 0 Å². The lowest BCUT2D eigenvalue weighted by atomic mass is 10.1. The summed E-state index contributed by atoms with van der Waals surface area (Å²) in [5.74, 6) is 1.97. The van der Waals surface area contributed by atoms with Gasteiger partial charge in [0.05, 0.1) is 25.0 Å². The van der Waals surface area contributed by atoms with Gasteiger partial charge in [0.15, 0.2) is 0 Å². The molecule has 4 nitrogen and oxygen atoms in total. The second-order valence-corrected chi connectivity index (χ2v) is 4.27. The minimum Gasteiger partial charge on any atom is -0.493 e. The lowest BCUT2D eigenvalue weighted by Crippen LogP contribution is -1.99. The molecule has 0 saturated heterocycles. The van der Waals surface area contributed by atoms with Gasteiger partial charge in [-0.1, -0.05) is 0 Å². The zero-order valence-electron chi connectivity index (χ0n) is 9.79. The molecule has 2 aromatic rings. The van der Waals surface area contributed by atoms with Gasteiger partial charge >= 0.3 is 0 Å². The molecule has 1 aromatic heterocycles. The number of ether oxygens (including phenoxy) is 1. The van der Waals surface area contributed by atoms with Crippen molar-refractivity contribution in [2.24, 2.45) is 0 Å². The molecule has 0 unspecified atom stereocenters. The smallest absolute Gasteiger partial charge is 0.122 e. The van der Waals surface area contributed by atoms with E-state index in [0.717, 1.165) is 42.5 Å². The SMILES string of the molecule is Cc1ncc(CNc2ccc3c(c2)CCO3)[nH]1. The third-order valence-corrected chi connectivity index (χ3v) is 2.93. The molecule has 4 heteroatoms. The molecule has 88 valence electrons. The van der Waals surface area contributed by atoms with E-state index in [9.17, 15) is 0 Å². The van der Waals surface area contributed by atoms with Crippen LogP contribution in [0.2, 0.25) is 0 Å². The van der Waals surface area contributed by atoms with Crippen LogP contribution in [0.25, 0.3) is 0 Å². The molecule has 0 bridgehead atoms. The number of nitrogens with one attached hydrogen (secondary N) is 2. The van der Waals surface area contributed by atoms with Crippen molar-refractivity contribution in [3.05, 3.63) is 41.5 Å². The zero-order chi connectivity index (χ0) is 11.7. The topological polar surface area (TPSA) is 49.9 Å². The number of rotatable bonds is 3. The molecule has 1 aromatic carbocycles. The van der Waals surface area contributed by atoms with Gasteiger partial charge in [-0.15, -0.1) is 0 Å². The predicted molar refractivity (Wildman–Crippen MR) is 66.3 cm³/mol. The summed E-state index contributed by atoms with van der Waals surface area (Å²) in [4.78, 5) is 7.37. The third kappa shape index (κ3) is 2.11. The van der Waals surface area contributed by atoms with Crippen LogP contribution in [-0.2, 0) is 13.0 Å². The predicted octanol–water partition coefficient (Wildman–Crippen LogP) is 2.27. The van der Waals surface area contributed by atoms with Crippen LogP contribution in [0, 0.1) is 6.92 Å². The standard InChI is InChI=1S/C13H15N3O/c1-9-14-7-12(16-9)8-15-11-2-3-13-10(6-11)4-5-17-13/h2-3,6-7,15H,4-5,8H2,1H3,(H,14,16). The summed E-state index contributed by atoms with van der Waals surface area (Å²) < 4.78 is 5.48. The second-order valence-electron chi connectivity index (χ2n) is 4.27. The Morgan fingerprint density at radius 2 is 2.41 bits per heavy atom. The fourth-order valence-corrected chi connectivity index (χ4v) is 2.06. The van der Waals surface area contributed by atoms with Crippen LogP contribution >= 0.6 is 0 Å². The van der Waals surface area contributed by atoms with Crippen LogP contribution in [0.5, 0.6) is 5.75 Å². The van der Waals surface area contributed by atoms with Crippen molar-refractivity contribution in [2.75, 3.05) is 11.9 Å². The number of nitrogens with zero attached hydrogens (tertiary/aromatic N) is 1. The van der Waals surface area contributed by atoms with E-state index in [0.29, 0.717) is 0 Å². The van der Waals surface area contributed by atoms with Crippen LogP contribution in [0.3, 0.4) is 0 Å². The van der Waals surface area contributed by atoms with E-state index in [4.69, 9.17) is 4.74 Å². The van der Waals surface area contributed by atoms with E-state index in [1.165, 1.54) is 5.56 Å². The molecule has 3 rings (SSSR count). The number of aromatic nitrogens is 2. The summed E-state index contributed by atoms with van der Waals surface area (Å²) in [5, 5.41) is 3.38. The minimum atomic E-state index is 0.764. The summed E-state index contributed by atoms with van der Waals surface area (Å²) in [6.45, 7) is 3.52. The molecule has 0 spiro atoms. The monoisotopic (exact) mass is 229 g/mol. The maximum absolute atomic E-state index is 5.48. The second kappa shape index (κ2) is 4.13. The van der Waals surface area contributed by atoms with Crippen molar-refractivity contribution in [1.82, 2.24) is 9.97 Å². The lowest BCUT2D eigenvalue weighted by molar-refractivity contribution is 0.357. The summed E-state index contributed by atoms with van der Waals surface area (Å²) in [6.07, 6.45) is 2.87. The number of aromatic amines is 1. The maximum atomic E-state index is 5.48. The molecular weight excluding hydrogens is 214 g/mol. The van der Waals surface area contributed by atoms with Crippen LogP contribution in [0.15, 0.2) is 24.4 Å². The Bertz CT molecular complexity index is 533. The normalized spacial score (nSPS) is 13.2. The van der Waals surface area contributed by atoms with Gasteiger partial charge in [0.25, 0.3) is 0 Å². The molecule has 17 heavy (non-hydrogen) atoms. The Morgan fingerprint density at radius 3 is 3.24 bits per heavy atom. The van der Waals surface area contributed by atoms with Gasteiger partial charge in [0.2, 0.25) is 0 Å². The van der Waals surface area contributed by atoms with E-state index in [1.54, 1.807) is 0 Å². The van der Waals surface area contributed by atoms with Gasteiger partial charge in [0.1, 0.15) is 11.6 Å². The number of fused-ring (bicyclic) bond motifs is 1. The van der Waals surface area contributed by atoms with E-state index in [1.807, 2.05) is 25.3 Å². The van der Waals surface area contributed by atoms with Crippen LogP contribution in [0.1, 0.15) is 17.1 Å². The Morgan fingerprint density at radius 1 is 1.47 bits per heavy atom. The van der Waals surface area contributed by atoms with Crippen LogP contribution in [0.4, 0.5) is 5.69 Å². The number of benzene rings is 1. The maximum Gasteiger partial charge on any atom is 0.122 e. The molecule has 1 aliphatic rings.